The van der Waals surface area contributed by atoms with E-state index in [4.69, 9.17) is 5.73 Å². The molecule has 114 valence electrons. The summed E-state index contributed by atoms with van der Waals surface area (Å²) < 4.78 is 0. The molecule has 1 heterocycles. The Bertz CT molecular complexity index is 597. The van der Waals surface area contributed by atoms with Crippen LogP contribution in [0.2, 0.25) is 0 Å². The lowest BCUT2D eigenvalue weighted by molar-refractivity contribution is -0.384. The largest absolute Gasteiger partial charge is 0.378 e. The van der Waals surface area contributed by atoms with Gasteiger partial charge < -0.3 is 11.1 Å². The summed E-state index contributed by atoms with van der Waals surface area (Å²) in [5.41, 5.74) is 6.01. The number of hydrogen-bond acceptors (Lipinski definition) is 5. The molecule has 0 aliphatic heterocycles. The number of pyridine rings is 1. The topological polar surface area (TPSA) is 94.1 Å². The molecule has 0 saturated heterocycles. The van der Waals surface area contributed by atoms with Crippen LogP contribution in [0.3, 0.4) is 0 Å². The first-order chi connectivity index (χ1) is 9.74. The zero-order valence-corrected chi connectivity index (χ0v) is 12.7. The van der Waals surface area contributed by atoms with Gasteiger partial charge in [-0.2, -0.15) is 0 Å². The van der Waals surface area contributed by atoms with E-state index in [-0.39, 0.29) is 22.3 Å². The molecule has 3 rings (SSSR count). The van der Waals surface area contributed by atoms with Crippen molar-refractivity contribution in [3.8, 4) is 0 Å². The third-order valence-electron chi connectivity index (χ3n) is 5.66. The van der Waals surface area contributed by atoms with E-state index in [2.05, 4.69) is 31.1 Å². The quantitative estimate of drug-likeness (QED) is 0.658. The van der Waals surface area contributed by atoms with E-state index < -0.39 is 4.92 Å². The fourth-order valence-electron chi connectivity index (χ4n) is 4.51. The molecule has 3 N–H and O–H groups in total. The fourth-order valence-corrected chi connectivity index (χ4v) is 4.51. The van der Waals surface area contributed by atoms with Gasteiger partial charge in [0.05, 0.1) is 4.92 Å². The van der Waals surface area contributed by atoms with Gasteiger partial charge in [0.1, 0.15) is 5.82 Å². The van der Waals surface area contributed by atoms with Crippen LogP contribution in [-0.2, 0) is 0 Å². The molecule has 3 atom stereocenters. The van der Waals surface area contributed by atoms with E-state index in [0.717, 1.165) is 5.92 Å². The summed E-state index contributed by atoms with van der Waals surface area (Å²) in [5.74, 6) is 1.33. The standard InChI is InChI=1S/C15H22N4O2/c1-14(2)9-6-7-15(3,8-9)13(14)18-11-5-4-10(19(20)21)12(16)17-11/h4-5,9,13H,6-8H2,1-3H3,(H3,16,17,18). The van der Waals surface area contributed by atoms with Gasteiger partial charge in [0.25, 0.3) is 0 Å². The van der Waals surface area contributed by atoms with Crippen LogP contribution in [0.5, 0.6) is 0 Å². The Morgan fingerprint density at radius 1 is 1.43 bits per heavy atom. The molecular weight excluding hydrogens is 268 g/mol. The lowest BCUT2D eigenvalue weighted by Gasteiger charge is -2.43. The van der Waals surface area contributed by atoms with Crippen LogP contribution >= 0.6 is 0 Å². The molecule has 6 heteroatoms. The van der Waals surface area contributed by atoms with Gasteiger partial charge in [-0.3, -0.25) is 10.1 Å². The SMILES string of the molecule is CC12CCC(C1)C(C)(C)C2Nc1ccc([N+](=O)[O-])c(N)n1. The maximum atomic E-state index is 10.8. The van der Waals surface area contributed by atoms with E-state index in [1.54, 1.807) is 6.07 Å². The Morgan fingerprint density at radius 2 is 2.14 bits per heavy atom. The van der Waals surface area contributed by atoms with Gasteiger partial charge in [0.15, 0.2) is 0 Å². The van der Waals surface area contributed by atoms with Crippen molar-refractivity contribution in [2.24, 2.45) is 16.7 Å². The fraction of sp³-hybridized carbons (Fsp3) is 0.667. The van der Waals surface area contributed by atoms with E-state index >= 15 is 0 Å². The number of anilines is 2. The van der Waals surface area contributed by atoms with Gasteiger partial charge in [-0.15, -0.1) is 0 Å². The van der Waals surface area contributed by atoms with Gasteiger partial charge in [-0.05, 0) is 42.1 Å². The van der Waals surface area contributed by atoms with Crippen molar-refractivity contribution in [2.75, 3.05) is 11.1 Å². The third-order valence-corrected chi connectivity index (χ3v) is 5.66. The average molecular weight is 290 g/mol. The summed E-state index contributed by atoms with van der Waals surface area (Å²) in [7, 11) is 0. The van der Waals surface area contributed by atoms with Crippen molar-refractivity contribution in [2.45, 2.75) is 46.1 Å². The Morgan fingerprint density at radius 3 is 2.67 bits per heavy atom. The minimum Gasteiger partial charge on any atom is -0.378 e. The highest BCUT2D eigenvalue weighted by atomic mass is 16.6. The molecule has 0 amide bonds. The van der Waals surface area contributed by atoms with Crippen LogP contribution in [0.1, 0.15) is 40.0 Å². The van der Waals surface area contributed by atoms with Crippen LogP contribution in [0.15, 0.2) is 12.1 Å². The highest BCUT2D eigenvalue weighted by molar-refractivity contribution is 5.57. The number of nitrogen functional groups attached to an aromatic ring is 1. The summed E-state index contributed by atoms with van der Waals surface area (Å²) in [6.45, 7) is 6.93. The van der Waals surface area contributed by atoms with Crippen molar-refractivity contribution in [3.05, 3.63) is 22.2 Å². The first kappa shape index (κ1) is 14.1. The Balaban J connectivity index is 1.87. The van der Waals surface area contributed by atoms with E-state index in [0.29, 0.717) is 11.9 Å². The van der Waals surface area contributed by atoms with Gasteiger partial charge in [0, 0.05) is 12.1 Å². The van der Waals surface area contributed by atoms with Crippen molar-refractivity contribution < 1.29 is 4.92 Å². The molecule has 21 heavy (non-hydrogen) atoms. The lowest BCUT2D eigenvalue weighted by atomic mass is 9.68. The zero-order valence-electron chi connectivity index (χ0n) is 12.7. The molecule has 2 aliphatic rings. The van der Waals surface area contributed by atoms with Crippen LogP contribution in [0.4, 0.5) is 17.3 Å². The van der Waals surface area contributed by atoms with E-state index in [1.807, 2.05) is 0 Å². The third kappa shape index (κ3) is 2.04. The number of fused-ring (bicyclic) bond motifs is 2. The predicted octanol–water partition coefficient (Wildman–Crippen LogP) is 3.20. The molecule has 2 aliphatic carbocycles. The zero-order chi connectivity index (χ0) is 15.4. The number of nitrogens with one attached hydrogen (secondary N) is 1. The second-order valence-corrected chi connectivity index (χ2v) is 7.35. The molecule has 0 radical (unpaired) electrons. The van der Waals surface area contributed by atoms with Crippen LogP contribution in [-0.4, -0.2) is 15.9 Å². The highest BCUT2D eigenvalue weighted by Crippen LogP contribution is 2.63. The maximum absolute atomic E-state index is 10.8. The van der Waals surface area contributed by atoms with Crippen molar-refractivity contribution in [3.63, 3.8) is 0 Å². The molecule has 2 saturated carbocycles. The minimum atomic E-state index is -0.505. The molecule has 2 fully saturated rings. The average Bonchev–Trinajstić information content (AvgIpc) is 2.85. The molecular formula is C15H22N4O2. The summed E-state index contributed by atoms with van der Waals surface area (Å²) >= 11 is 0. The normalized spacial score (nSPS) is 33.1. The minimum absolute atomic E-state index is 0.0314. The van der Waals surface area contributed by atoms with Gasteiger partial charge in [0.2, 0.25) is 5.82 Å². The number of aromatic nitrogens is 1. The summed E-state index contributed by atoms with van der Waals surface area (Å²) in [5, 5.41) is 14.3. The first-order valence-electron chi connectivity index (χ1n) is 7.41. The Kier molecular flexibility index (Phi) is 2.90. The van der Waals surface area contributed by atoms with E-state index in [9.17, 15) is 10.1 Å². The number of nitrogens with zero attached hydrogens (tertiary/aromatic N) is 2. The van der Waals surface area contributed by atoms with Gasteiger partial charge in [-0.25, -0.2) is 4.98 Å². The molecule has 6 nitrogen and oxygen atoms in total. The summed E-state index contributed by atoms with van der Waals surface area (Å²) in [4.78, 5) is 14.5. The van der Waals surface area contributed by atoms with Crippen molar-refractivity contribution in [1.82, 2.24) is 4.98 Å². The second kappa shape index (κ2) is 4.32. The predicted molar refractivity (Wildman–Crippen MR) is 81.9 cm³/mol. The van der Waals surface area contributed by atoms with Gasteiger partial charge >= 0.3 is 5.69 Å². The smallest absolute Gasteiger partial charge is 0.311 e. The monoisotopic (exact) mass is 290 g/mol. The highest BCUT2D eigenvalue weighted by Gasteiger charge is 2.59. The number of nitrogens with two attached hydrogens (primary N) is 1. The number of hydrogen-bond donors (Lipinski definition) is 2. The maximum Gasteiger partial charge on any atom is 0.311 e. The summed E-state index contributed by atoms with van der Waals surface area (Å²) in [6.07, 6.45) is 3.75. The first-order valence-corrected chi connectivity index (χ1v) is 7.41. The lowest BCUT2D eigenvalue weighted by Crippen LogP contribution is -2.46. The van der Waals surface area contributed by atoms with Crippen LogP contribution in [0.25, 0.3) is 0 Å². The van der Waals surface area contributed by atoms with Crippen LogP contribution in [0, 0.1) is 26.9 Å². The molecule has 2 bridgehead atoms. The number of nitro groups is 1. The molecule has 0 spiro atoms. The van der Waals surface area contributed by atoms with Crippen molar-refractivity contribution >= 4 is 17.3 Å². The Hall–Kier alpha value is -1.85. The Labute approximate surface area is 124 Å². The number of rotatable bonds is 3. The molecule has 1 aromatic rings. The molecule has 3 unspecified atom stereocenters. The summed E-state index contributed by atoms with van der Waals surface area (Å²) in [6, 6.07) is 3.39. The van der Waals surface area contributed by atoms with Crippen molar-refractivity contribution in [1.29, 1.82) is 0 Å². The molecule has 0 aromatic carbocycles. The molecule has 1 aromatic heterocycles. The second-order valence-electron chi connectivity index (χ2n) is 7.35. The van der Waals surface area contributed by atoms with E-state index in [1.165, 1.54) is 25.3 Å². The van der Waals surface area contributed by atoms with Gasteiger partial charge in [-0.1, -0.05) is 20.8 Å². The van der Waals surface area contributed by atoms with Crippen LogP contribution < -0.4 is 11.1 Å².